The lowest BCUT2D eigenvalue weighted by Gasteiger charge is -1.99. The molecule has 2 aliphatic rings. The molecule has 0 radical (unpaired) electrons. The van der Waals surface area contributed by atoms with Crippen molar-refractivity contribution in [3.63, 3.8) is 0 Å². The molecule has 3 N–H and O–H groups in total. The fourth-order valence-electron chi connectivity index (χ4n) is 2.79. The van der Waals surface area contributed by atoms with E-state index in [2.05, 4.69) is 37.9 Å². The van der Waals surface area contributed by atoms with E-state index in [0.717, 1.165) is 31.2 Å². The highest BCUT2D eigenvalue weighted by molar-refractivity contribution is 5.76. The summed E-state index contributed by atoms with van der Waals surface area (Å²) in [6.45, 7) is 9.23. The molecular formula is C13H20N6O. The molecule has 1 aromatic rings. The van der Waals surface area contributed by atoms with Crippen molar-refractivity contribution in [3.05, 3.63) is 24.0 Å². The molecule has 0 aromatic carbocycles. The van der Waals surface area contributed by atoms with Crippen LogP contribution in [0.15, 0.2) is 21.9 Å². The first-order chi connectivity index (χ1) is 9.79. The number of nitrogens with zero attached hydrogens (tertiary/aromatic N) is 3. The maximum absolute atomic E-state index is 5.23. The number of piperidine rings is 1. The Kier molecular flexibility index (Phi) is 3.68. The minimum absolute atomic E-state index is 0.434. The van der Waals surface area contributed by atoms with Crippen LogP contribution in [0.3, 0.4) is 0 Å². The van der Waals surface area contributed by atoms with Crippen molar-refractivity contribution in [3.8, 4) is 0 Å². The maximum Gasteiger partial charge on any atom is 0.247 e. The van der Waals surface area contributed by atoms with Gasteiger partial charge < -0.3 is 20.6 Å². The predicted molar refractivity (Wildman–Crippen MR) is 75.0 cm³/mol. The third-order valence-electron chi connectivity index (χ3n) is 3.82. The van der Waals surface area contributed by atoms with Gasteiger partial charge in [-0.15, -0.1) is 0 Å². The van der Waals surface area contributed by atoms with E-state index < -0.39 is 0 Å². The topological polar surface area (TPSA) is 87.4 Å². The molecule has 7 nitrogen and oxygen atoms in total. The Morgan fingerprint density at radius 3 is 3.10 bits per heavy atom. The number of hydrazone groups is 1. The van der Waals surface area contributed by atoms with Crippen molar-refractivity contribution in [2.75, 3.05) is 19.6 Å². The number of fused-ring (bicyclic) bond motifs is 1. The molecule has 0 spiro atoms. The van der Waals surface area contributed by atoms with Crippen LogP contribution in [0.2, 0.25) is 0 Å². The van der Waals surface area contributed by atoms with Gasteiger partial charge in [-0.2, -0.15) is 10.1 Å². The Morgan fingerprint density at radius 1 is 1.55 bits per heavy atom. The number of hydrogen-bond acceptors (Lipinski definition) is 7. The Hall–Kier alpha value is -1.89. The van der Waals surface area contributed by atoms with Crippen LogP contribution < -0.4 is 16.1 Å². The molecular weight excluding hydrogens is 256 g/mol. The average Bonchev–Trinajstić information content (AvgIpc) is 2.86. The number of aromatic nitrogens is 2. The number of allylic oxidation sites excluding steroid dienone is 1. The minimum Gasteiger partial charge on any atom is -0.385 e. The van der Waals surface area contributed by atoms with Crippen LogP contribution in [0.4, 0.5) is 0 Å². The standard InChI is InChI=1S/C13H20N6O/c1-3-15-8(2)4-16-17-7-11-18-13(19-20-11)12-9-5-14-6-10(9)12/h4,9-10,12,14-15,17H,2-3,5-7H2,1H3/b16-4-/t9-,10+,12?. The molecule has 7 heteroatoms. The van der Waals surface area contributed by atoms with E-state index >= 15 is 0 Å². The van der Waals surface area contributed by atoms with Gasteiger partial charge in [0.15, 0.2) is 5.82 Å². The van der Waals surface area contributed by atoms with Gasteiger partial charge in [0.1, 0.15) is 6.54 Å². The van der Waals surface area contributed by atoms with Gasteiger partial charge >= 0.3 is 0 Å². The zero-order valence-electron chi connectivity index (χ0n) is 11.6. The summed E-state index contributed by atoms with van der Waals surface area (Å²) in [6.07, 6.45) is 1.64. The monoisotopic (exact) mass is 276 g/mol. The molecule has 0 bridgehead atoms. The van der Waals surface area contributed by atoms with Crippen molar-refractivity contribution < 1.29 is 4.52 Å². The van der Waals surface area contributed by atoms with Gasteiger partial charge in [-0.3, -0.25) is 0 Å². The van der Waals surface area contributed by atoms with E-state index in [4.69, 9.17) is 4.52 Å². The maximum atomic E-state index is 5.23. The van der Waals surface area contributed by atoms with Gasteiger partial charge in [-0.1, -0.05) is 11.7 Å². The van der Waals surface area contributed by atoms with Crippen LogP contribution in [0.5, 0.6) is 0 Å². The largest absolute Gasteiger partial charge is 0.385 e. The highest BCUT2D eigenvalue weighted by Gasteiger charge is 2.55. The second-order valence-corrected chi connectivity index (χ2v) is 5.21. The van der Waals surface area contributed by atoms with Gasteiger partial charge in [0, 0.05) is 18.2 Å². The molecule has 1 saturated heterocycles. The molecule has 1 aliphatic carbocycles. The van der Waals surface area contributed by atoms with Gasteiger partial charge in [0.2, 0.25) is 5.89 Å². The van der Waals surface area contributed by atoms with E-state index in [-0.39, 0.29) is 0 Å². The second-order valence-electron chi connectivity index (χ2n) is 5.21. The number of nitrogens with one attached hydrogen (secondary N) is 3. The highest BCUT2D eigenvalue weighted by Crippen LogP contribution is 2.54. The molecule has 1 saturated carbocycles. The molecule has 0 amide bonds. The Balaban J connectivity index is 1.45. The minimum atomic E-state index is 0.434. The van der Waals surface area contributed by atoms with Crippen LogP contribution in [-0.2, 0) is 6.54 Å². The third-order valence-corrected chi connectivity index (χ3v) is 3.82. The second kappa shape index (κ2) is 5.62. The Morgan fingerprint density at radius 2 is 2.35 bits per heavy atom. The first-order valence-corrected chi connectivity index (χ1v) is 7.01. The molecule has 3 atom stereocenters. The van der Waals surface area contributed by atoms with Crippen LogP contribution in [0, 0.1) is 11.8 Å². The van der Waals surface area contributed by atoms with E-state index in [0.29, 0.717) is 30.2 Å². The lowest BCUT2D eigenvalue weighted by atomic mass is 10.3. The van der Waals surface area contributed by atoms with E-state index in [9.17, 15) is 0 Å². The van der Waals surface area contributed by atoms with Gasteiger partial charge in [-0.05, 0) is 31.8 Å². The van der Waals surface area contributed by atoms with Crippen molar-refractivity contribution in [1.82, 2.24) is 26.2 Å². The fraction of sp³-hybridized carbons (Fsp3) is 0.615. The van der Waals surface area contributed by atoms with Crippen molar-refractivity contribution in [2.45, 2.75) is 19.4 Å². The summed E-state index contributed by atoms with van der Waals surface area (Å²) in [4.78, 5) is 4.43. The van der Waals surface area contributed by atoms with E-state index in [1.165, 1.54) is 0 Å². The Bertz CT molecular complexity index is 501. The molecule has 2 heterocycles. The van der Waals surface area contributed by atoms with Gasteiger partial charge in [0.25, 0.3) is 0 Å². The van der Waals surface area contributed by atoms with E-state index in [1.54, 1.807) is 6.21 Å². The van der Waals surface area contributed by atoms with Crippen molar-refractivity contribution in [2.24, 2.45) is 16.9 Å². The summed E-state index contributed by atoms with van der Waals surface area (Å²) in [5, 5.41) is 14.5. The summed E-state index contributed by atoms with van der Waals surface area (Å²) < 4.78 is 5.23. The molecule has 20 heavy (non-hydrogen) atoms. The molecule has 1 aromatic heterocycles. The fourth-order valence-corrected chi connectivity index (χ4v) is 2.79. The first-order valence-electron chi connectivity index (χ1n) is 7.01. The quantitative estimate of drug-likeness (QED) is 0.487. The normalized spacial score (nSPS) is 27.6. The van der Waals surface area contributed by atoms with Crippen molar-refractivity contribution >= 4 is 6.21 Å². The Labute approximate surface area is 117 Å². The van der Waals surface area contributed by atoms with E-state index in [1.807, 2.05) is 6.92 Å². The molecule has 1 unspecified atom stereocenters. The van der Waals surface area contributed by atoms with Crippen LogP contribution >= 0.6 is 0 Å². The summed E-state index contributed by atoms with van der Waals surface area (Å²) >= 11 is 0. The first kappa shape index (κ1) is 13.1. The molecule has 3 rings (SSSR count). The molecule has 1 aliphatic heterocycles. The van der Waals surface area contributed by atoms with Gasteiger partial charge in [0.05, 0.1) is 6.21 Å². The summed E-state index contributed by atoms with van der Waals surface area (Å²) in [7, 11) is 0. The summed E-state index contributed by atoms with van der Waals surface area (Å²) in [6, 6.07) is 0. The zero-order chi connectivity index (χ0) is 13.9. The predicted octanol–water partition coefficient (Wildman–Crippen LogP) is 0.201. The van der Waals surface area contributed by atoms with Crippen LogP contribution in [0.1, 0.15) is 24.6 Å². The number of hydrogen-bond donors (Lipinski definition) is 3. The molecule has 2 fully saturated rings. The summed E-state index contributed by atoms with van der Waals surface area (Å²) in [5.74, 6) is 3.32. The lowest BCUT2D eigenvalue weighted by molar-refractivity contribution is 0.363. The summed E-state index contributed by atoms with van der Waals surface area (Å²) in [5.41, 5.74) is 3.64. The smallest absolute Gasteiger partial charge is 0.247 e. The van der Waals surface area contributed by atoms with Crippen LogP contribution in [0.25, 0.3) is 0 Å². The highest BCUT2D eigenvalue weighted by atomic mass is 16.5. The van der Waals surface area contributed by atoms with Crippen LogP contribution in [-0.4, -0.2) is 36.0 Å². The lowest BCUT2D eigenvalue weighted by Crippen LogP contribution is -2.14. The molecule has 108 valence electrons. The zero-order valence-corrected chi connectivity index (χ0v) is 11.6. The van der Waals surface area contributed by atoms with Crippen molar-refractivity contribution in [1.29, 1.82) is 0 Å². The third kappa shape index (κ3) is 2.67. The SMILES string of the molecule is C=C(/C=N\NCc1nc(C2[C@H]3CNC[C@@H]23)no1)NCC. The number of rotatable bonds is 7. The van der Waals surface area contributed by atoms with Gasteiger partial charge in [-0.25, -0.2) is 0 Å². The average molecular weight is 276 g/mol.